The first-order chi connectivity index (χ1) is 4.86. The van der Waals surface area contributed by atoms with Gasteiger partial charge in [0.15, 0.2) is 0 Å². The SMILES string of the molecule is NC1CC2CC3CCC2C13. The quantitative estimate of drug-likeness (QED) is 0.536. The number of nitrogens with two attached hydrogens (primary N) is 1. The van der Waals surface area contributed by atoms with Crippen molar-refractivity contribution in [3.05, 3.63) is 0 Å². The fourth-order valence-corrected chi connectivity index (χ4v) is 3.97. The predicted molar refractivity (Wildman–Crippen MR) is 40.4 cm³/mol. The summed E-state index contributed by atoms with van der Waals surface area (Å²) in [6.45, 7) is 0. The molecule has 5 unspecified atom stereocenters. The van der Waals surface area contributed by atoms with Gasteiger partial charge in [0.1, 0.15) is 0 Å². The molecule has 1 heteroatoms. The highest BCUT2D eigenvalue weighted by molar-refractivity contribution is 5.07. The smallest absolute Gasteiger partial charge is 0.00753 e. The molecule has 0 aromatic heterocycles. The van der Waals surface area contributed by atoms with Crippen molar-refractivity contribution in [2.24, 2.45) is 29.4 Å². The summed E-state index contributed by atoms with van der Waals surface area (Å²) in [5.74, 6) is 4.14. The third-order valence-electron chi connectivity index (χ3n) is 4.19. The van der Waals surface area contributed by atoms with E-state index < -0.39 is 0 Å². The first-order valence-electron chi connectivity index (χ1n) is 4.62. The molecule has 56 valence electrons. The molecule has 3 rings (SSSR count). The van der Waals surface area contributed by atoms with E-state index in [2.05, 4.69) is 0 Å². The Labute approximate surface area is 62.0 Å². The molecule has 4 bridgehead atoms. The highest BCUT2D eigenvalue weighted by atomic mass is 14.8. The van der Waals surface area contributed by atoms with Gasteiger partial charge in [0.05, 0.1) is 0 Å². The number of hydrogen-bond acceptors (Lipinski definition) is 1. The second kappa shape index (κ2) is 1.58. The lowest BCUT2D eigenvalue weighted by molar-refractivity contribution is 0.292. The van der Waals surface area contributed by atoms with E-state index in [1.54, 1.807) is 0 Å². The lowest BCUT2D eigenvalue weighted by Crippen LogP contribution is -2.30. The van der Waals surface area contributed by atoms with E-state index in [4.69, 9.17) is 5.73 Å². The van der Waals surface area contributed by atoms with Crippen LogP contribution in [-0.2, 0) is 0 Å². The Morgan fingerprint density at radius 3 is 2.50 bits per heavy atom. The standard InChI is InChI=1S/C9H15N/c10-8-4-6-3-5-1-2-7(6)9(5)8/h5-9H,1-4,10H2. The molecule has 3 saturated carbocycles. The molecule has 10 heavy (non-hydrogen) atoms. The van der Waals surface area contributed by atoms with Gasteiger partial charge in [0.25, 0.3) is 0 Å². The molecule has 0 radical (unpaired) electrons. The average molecular weight is 137 g/mol. The molecule has 0 amide bonds. The van der Waals surface area contributed by atoms with Crippen LogP contribution < -0.4 is 5.73 Å². The summed E-state index contributed by atoms with van der Waals surface area (Å²) < 4.78 is 0. The van der Waals surface area contributed by atoms with Gasteiger partial charge in [-0.1, -0.05) is 0 Å². The van der Waals surface area contributed by atoms with Crippen LogP contribution in [-0.4, -0.2) is 6.04 Å². The van der Waals surface area contributed by atoms with Crippen LogP contribution >= 0.6 is 0 Å². The van der Waals surface area contributed by atoms with Crippen LogP contribution in [0.1, 0.15) is 25.7 Å². The minimum Gasteiger partial charge on any atom is -0.327 e. The van der Waals surface area contributed by atoms with Crippen LogP contribution in [0.4, 0.5) is 0 Å². The zero-order valence-corrected chi connectivity index (χ0v) is 6.29. The van der Waals surface area contributed by atoms with Crippen LogP contribution in [0.15, 0.2) is 0 Å². The van der Waals surface area contributed by atoms with E-state index >= 15 is 0 Å². The second-order valence-corrected chi connectivity index (χ2v) is 4.47. The summed E-state index contributed by atoms with van der Waals surface area (Å²) in [4.78, 5) is 0. The Morgan fingerprint density at radius 2 is 1.90 bits per heavy atom. The van der Waals surface area contributed by atoms with Crippen LogP contribution in [0.3, 0.4) is 0 Å². The van der Waals surface area contributed by atoms with Gasteiger partial charge in [0, 0.05) is 6.04 Å². The average Bonchev–Trinajstić information content (AvgIpc) is 2.49. The Bertz CT molecular complexity index is 164. The van der Waals surface area contributed by atoms with Gasteiger partial charge in [0.2, 0.25) is 0 Å². The normalized spacial score (nSPS) is 63.9. The highest BCUT2D eigenvalue weighted by Crippen LogP contribution is 2.60. The largest absolute Gasteiger partial charge is 0.327 e. The molecule has 1 nitrogen and oxygen atoms in total. The molecule has 0 spiro atoms. The molecular formula is C9H15N. The van der Waals surface area contributed by atoms with E-state index in [1.807, 2.05) is 0 Å². The fourth-order valence-electron chi connectivity index (χ4n) is 3.97. The molecule has 0 aromatic carbocycles. The zero-order valence-electron chi connectivity index (χ0n) is 6.29. The van der Waals surface area contributed by atoms with E-state index in [-0.39, 0.29) is 0 Å². The number of rotatable bonds is 0. The summed E-state index contributed by atoms with van der Waals surface area (Å²) >= 11 is 0. The van der Waals surface area contributed by atoms with Crippen molar-refractivity contribution in [2.45, 2.75) is 31.7 Å². The van der Waals surface area contributed by atoms with Crippen molar-refractivity contribution < 1.29 is 0 Å². The lowest BCUT2D eigenvalue weighted by atomic mass is 9.84. The fraction of sp³-hybridized carbons (Fsp3) is 1.00. The predicted octanol–water partition coefficient (Wildman–Crippen LogP) is 1.38. The molecule has 0 saturated heterocycles. The van der Waals surface area contributed by atoms with Gasteiger partial charge >= 0.3 is 0 Å². The lowest BCUT2D eigenvalue weighted by Gasteiger charge is -2.24. The van der Waals surface area contributed by atoms with E-state index in [0.717, 1.165) is 23.7 Å². The summed E-state index contributed by atoms with van der Waals surface area (Å²) in [5, 5.41) is 0. The van der Waals surface area contributed by atoms with E-state index in [1.165, 1.54) is 25.7 Å². The van der Waals surface area contributed by atoms with Crippen molar-refractivity contribution in [1.29, 1.82) is 0 Å². The van der Waals surface area contributed by atoms with Gasteiger partial charge < -0.3 is 5.73 Å². The molecule has 5 atom stereocenters. The van der Waals surface area contributed by atoms with Crippen molar-refractivity contribution in [3.8, 4) is 0 Å². The molecule has 0 aliphatic heterocycles. The van der Waals surface area contributed by atoms with E-state index in [9.17, 15) is 0 Å². The Morgan fingerprint density at radius 1 is 1.00 bits per heavy atom. The maximum atomic E-state index is 6.04. The highest BCUT2D eigenvalue weighted by Gasteiger charge is 2.55. The third kappa shape index (κ3) is 0.460. The minimum atomic E-state index is 0.594. The molecule has 0 heterocycles. The topological polar surface area (TPSA) is 26.0 Å². The molecular weight excluding hydrogens is 122 g/mol. The van der Waals surface area contributed by atoms with Crippen molar-refractivity contribution in [2.75, 3.05) is 0 Å². The van der Waals surface area contributed by atoms with Crippen LogP contribution in [0, 0.1) is 23.7 Å². The molecule has 2 N–H and O–H groups in total. The Hall–Kier alpha value is -0.0400. The van der Waals surface area contributed by atoms with E-state index in [0.29, 0.717) is 6.04 Å². The zero-order chi connectivity index (χ0) is 6.72. The summed E-state index contributed by atoms with van der Waals surface area (Å²) in [7, 11) is 0. The van der Waals surface area contributed by atoms with Crippen molar-refractivity contribution >= 4 is 0 Å². The van der Waals surface area contributed by atoms with Gasteiger partial charge in [-0.2, -0.15) is 0 Å². The van der Waals surface area contributed by atoms with Crippen LogP contribution in [0.2, 0.25) is 0 Å². The van der Waals surface area contributed by atoms with Gasteiger partial charge in [-0.15, -0.1) is 0 Å². The third-order valence-corrected chi connectivity index (χ3v) is 4.19. The van der Waals surface area contributed by atoms with Gasteiger partial charge in [-0.25, -0.2) is 0 Å². The molecule has 3 fully saturated rings. The summed E-state index contributed by atoms with van der Waals surface area (Å²) in [6.07, 6.45) is 5.89. The van der Waals surface area contributed by atoms with Crippen molar-refractivity contribution in [1.82, 2.24) is 0 Å². The number of hydrogen-bond donors (Lipinski definition) is 1. The maximum absolute atomic E-state index is 6.04. The summed E-state index contributed by atoms with van der Waals surface area (Å²) in [5.41, 5.74) is 6.04. The van der Waals surface area contributed by atoms with Gasteiger partial charge in [-0.05, 0) is 49.4 Å². The first-order valence-corrected chi connectivity index (χ1v) is 4.62. The van der Waals surface area contributed by atoms with Crippen LogP contribution in [0.25, 0.3) is 0 Å². The minimum absolute atomic E-state index is 0.594. The summed E-state index contributed by atoms with van der Waals surface area (Å²) in [6, 6.07) is 0.594. The van der Waals surface area contributed by atoms with Crippen LogP contribution in [0.5, 0.6) is 0 Å². The monoisotopic (exact) mass is 137 g/mol. The van der Waals surface area contributed by atoms with Crippen molar-refractivity contribution in [3.63, 3.8) is 0 Å². The van der Waals surface area contributed by atoms with Gasteiger partial charge in [-0.3, -0.25) is 0 Å². The first kappa shape index (κ1) is 5.59. The Balaban J connectivity index is 1.99. The maximum Gasteiger partial charge on any atom is 0.00753 e. The molecule has 3 aliphatic carbocycles. The Kier molecular flexibility index (Phi) is 0.883. The molecule has 0 aromatic rings. The molecule has 3 aliphatic rings. The second-order valence-electron chi connectivity index (χ2n) is 4.47.